The molecule has 1 N–H and O–H groups in total. The van der Waals surface area contributed by atoms with Crippen LogP contribution in [-0.4, -0.2) is 22.2 Å². The summed E-state index contributed by atoms with van der Waals surface area (Å²) in [5, 5.41) is 11.9. The number of nitrogens with zero attached hydrogens (tertiary/aromatic N) is 2. The molecule has 0 amide bonds. The van der Waals surface area contributed by atoms with E-state index in [1.165, 1.54) is 0 Å². The first-order valence-corrected chi connectivity index (χ1v) is 12.9. The number of aromatic carboxylic acids is 1. The molecule has 0 unspecified atom stereocenters. The topological polar surface area (TPSA) is 54.7 Å². The van der Waals surface area contributed by atoms with E-state index in [2.05, 4.69) is 0 Å². The van der Waals surface area contributed by atoms with Crippen molar-refractivity contribution < 1.29 is 14.6 Å². The molecule has 0 aliphatic heterocycles. The van der Waals surface area contributed by atoms with Crippen molar-refractivity contribution in [3.05, 3.63) is 110 Å². The van der Waals surface area contributed by atoms with Crippen LogP contribution in [-0.2, 0) is 13.1 Å². The van der Waals surface area contributed by atoms with Gasteiger partial charge in [0, 0.05) is 40.0 Å². The third-order valence-corrected chi connectivity index (χ3v) is 7.05. The lowest BCUT2D eigenvalue weighted by Crippen LogP contribution is -2.16. The molecule has 8 heteroatoms. The maximum absolute atomic E-state index is 12.1. The fourth-order valence-corrected chi connectivity index (χ4v) is 4.72. The summed E-state index contributed by atoms with van der Waals surface area (Å²) in [6.07, 6.45) is 2.48. The Balaban J connectivity index is 1.55. The SMILES string of the molecule is Cc1cc(OCCCn2cc(N(Cc3cccc(Cl)c3)c3cccc(Cl)c3)cc2C(=O)O)cc(C)c1Cl. The maximum atomic E-state index is 12.1. The Morgan fingerprint density at radius 3 is 2.24 bits per heavy atom. The average molecular weight is 558 g/mol. The van der Waals surface area contributed by atoms with Gasteiger partial charge in [-0.1, -0.05) is 53.0 Å². The number of aromatic nitrogens is 1. The molecule has 0 atom stereocenters. The fraction of sp³-hybridized carbons (Fsp3) is 0.207. The van der Waals surface area contributed by atoms with Crippen LogP contribution in [0, 0.1) is 13.8 Å². The summed E-state index contributed by atoms with van der Waals surface area (Å²) in [7, 11) is 0. The van der Waals surface area contributed by atoms with Gasteiger partial charge in [-0.15, -0.1) is 0 Å². The molecule has 0 fully saturated rings. The molecule has 1 aromatic heterocycles. The third kappa shape index (κ3) is 6.80. The lowest BCUT2D eigenvalue weighted by atomic mass is 10.1. The van der Waals surface area contributed by atoms with Crippen LogP contribution in [0.15, 0.2) is 72.9 Å². The monoisotopic (exact) mass is 556 g/mol. The van der Waals surface area contributed by atoms with Crippen molar-refractivity contribution in [1.29, 1.82) is 0 Å². The number of carboxylic acid groups (broad SMARTS) is 1. The van der Waals surface area contributed by atoms with Crippen LogP contribution in [0.3, 0.4) is 0 Å². The summed E-state index contributed by atoms with van der Waals surface area (Å²) in [4.78, 5) is 14.1. The number of aryl methyl sites for hydroxylation is 3. The van der Waals surface area contributed by atoms with E-state index < -0.39 is 5.97 Å². The van der Waals surface area contributed by atoms with Gasteiger partial charge in [0.1, 0.15) is 11.4 Å². The minimum atomic E-state index is -0.995. The Bertz CT molecular complexity index is 1390. The van der Waals surface area contributed by atoms with Gasteiger partial charge in [0.2, 0.25) is 0 Å². The second-order valence-corrected chi connectivity index (χ2v) is 10.1. The molecule has 5 nitrogen and oxygen atoms in total. The second kappa shape index (κ2) is 12.0. The van der Waals surface area contributed by atoms with Gasteiger partial charge in [-0.3, -0.25) is 0 Å². The van der Waals surface area contributed by atoms with Gasteiger partial charge >= 0.3 is 5.97 Å². The minimum Gasteiger partial charge on any atom is -0.494 e. The summed E-state index contributed by atoms with van der Waals surface area (Å²) in [5.74, 6) is -0.246. The molecule has 0 aliphatic rings. The Labute approximate surface area is 231 Å². The normalized spacial score (nSPS) is 10.9. The van der Waals surface area contributed by atoms with Crippen molar-refractivity contribution in [2.24, 2.45) is 0 Å². The van der Waals surface area contributed by atoms with Crippen LogP contribution >= 0.6 is 34.8 Å². The predicted octanol–water partition coefficient (Wildman–Crippen LogP) is 8.57. The molecule has 192 valence electrons. The first-order chi connectivity index (χ1) is 17.7. The Morgan fingerprint density at radius 2 is 1.59 bits per heavy atom. The van der Waals surface area contributed by atoms with Gasteiger partial charge in [-0.05, 0) is 85.5 Å². The zero-order valence-corrected chi connectivity index (χ0v) is 22.8. The summed E-state index contributed by atoms with van der Waals surface area (Å²) in [6.45, 7) is 5.29. The fourth-order valence-electron chi connectivity index (χ4n) is 4.21. The predicted molar refractivity (Wildman–Crippen MR) is 151 cm³/mol. The molecular formula is C29H27Cl3N2O3. The van der Waals surface area contributed by atoms with Gasteiger partial charge in [0.15, 0.2) is 0 Å². The highest BCUT2D eigenvalue weighted by atomic mass is 35.5. The van der Waals surface area contributed by atoms with Crippen molar-refractivity contribution in [3.8, 4) is 5.75 Å². The number of carboxylic acids is 1. The van der Waals surface area contributed by atoms with E-state index in [4.69, 9.17) is 39.5 Å². The number of ether oxygens (including phenoxy) is 1. The van der Waals surface area contributed by atoms with Crippen LogP contribution in [0.1, 0.15) is 33.6 Å². The third-order valence-electron chi connectivity index (χ3n) is 5.98. The van der Waals surface area contributed by atoms with Gasteiger partial charge in [0.25, 0.3) is 0 Å². The second-order valence-electron chi connectivity index (χ2n) is 8.85. The van der Waals surface area contributed by atoms with E-state index in [9.17, 15) is 9.90 Å². The van der Waals surface area contributed by atoms with Crippen LogP contribution in [0.4, 0.5) is 11.4 Å². The lowest BCUT2D eigenvalue weighted by molar-refractivity contribution is 0.0684. The van der Waals surface area contributed by atoms with E-state index >= 15 is 0 Å². The molecule has 3 aromatic carbocycles. The maximum Gasteiger partial charge on any atom is 0.352 e. The van der Waals surface area contributed by atoms with Crippen LogP contribution < -0.4 is 9.64 Å². The largest absolute Gasteiger partial charge is 0.494 e. The Morgan fingerprint density at radius 1 is 0.919 bits per heavy atom. The number of hydrogen-bond acceptors (Lipinski definition) is 3. The van der Waals surface area contributed by atoms with Gasteiger partial charge in [0.05, 0.1) is 12.3 Å². The number of anilines is 2. The molecule has 1 heterocycles. The van der Waals surface area contributed by atoms with E-state index in [1.807, 2.05) is 79.5 Å². The highest BCUT2D eigenvalue weighted by Crippen LogP contribution is 2.32. The van der Waals surface area contributed by atoms with Crippen molar-refractivity contribution in [2.75, 3.05) is 11.5 Å². The summed E-state index contributed by atoms with van der Waals surface area (Å²) < 4.78 is 7.66. The number of rotatable bonds is 10. The standard InChI is InChI=1S/C29H27Cl3N2O3/c1-19-12-26(13-20(2)28(19)32)37-11-5-10-33-18-25(16-27(33)29(35)36)34(24-9-4-8-23(31)15-24)17-21-6-3-7-22(30)14-21/h3-4,6-9,12-16,18H,5,10-11,17H2,1-2H3,(H,35,36). The Kier molecular flexibility index (Phi) is 8.70. The van der Waals surface area contributed by atoms with Gasteiger partial charge < -0.3 is 19.3 Å². The number of benzene rings is 3. The molecule has 0 aliphatic carbocycles. The smallest absolute Gasteiger partial charge is 0.352 e. The number of halogens is 3. The van der Waals surface area contributed by atoms with Crippen molar-refractivity contribution in [2.45, 2.75) is 33.4 Å². The quantitative estimate of drug-likeness (QED) is 0.198. The molecule has 0 radical (unpaired) electrons. The molecule has 0 saturated heterocycles. The average Bonchev–Trinajstić information content (AvgIpc) is 3.28. The first-order valence-electron chi connectivity index (χ1n) is 11.8. The van der Waals surface area contributed by atoms with Crippen molar-refractivity contribution >= 4 is 52.1 Å². The first kappa shape index (κ1) is 26.9. The van der Waals surface area contributed by atoms with E-state index in [0.717, 1.165) is 38.8 Å². The van der Waals surface area contributed by atoms with Crippen molar-refractivity contribution in [3.63, 3.8) is 0 Å². The van der Waals surface area contributed by atoms with E-state index in [-0.39, 0.29) is 5.69 Å². The molecule has 0 saturated carbocycles. The molecular weight excluding hydrogens is 531 g/mol. The summed E-state index contributed by atoms with van der Waals surface area (Å²) in [6, 6.07) is 20.6. The van der Waals surface area contributed by atoms with E-state index in [1.54, 1.807) is 16.7 Å². The molecule has 0 spiro atoms. The highest BCUT2D eigenvalue weighted by Gasteiger charge is 2.19. The summed E-state index contributed by atoms with van der Waals surface area (Å²) in [5.41, 5.74) is 4.69. The summed E-state index contributed by atoms with van der Waals surface area (Å²) >= 11 is 18.7. The lowest BCUT2D eigenvalue weighted by Gasteiger charge is -2.24. The molecule has 37 heavy (non-hydrogen) atoms. The molecule has 0 bridgehead atoms. The number of carbonyl (C=O) groups is 1. The number of hydrogen-bond donors (Lipinski definition) is 1. The highest BCUT2D eigenvalue weighted by molar-refractivity contribution is 6.32. The Hall–Kier alpha value is -3.12. The molecule has 4 aromatic rings. The minimum absolute atomic E-state index is 0.200. The van der Waals surface area contributed by atoms with Crippen molar-refractivity contribution in [1.82, 2.24) is 4.57 Å². The zero-order chi connectivity index (χ0) is 26.5. The van der Waals surface area contributed by atoms with Crippen LogP contribution in [0.2, 0.25) is 15.1 Å². The zero-order valence-electron chi connectivity index (χ0n) is 20.5. The van der Waals surface area contributed by atoms with Crippen LogP contribution in [0.5, 0.6) is 5.75 Å². The van der Waals surface area contributed by atoms with Gasteiger partial charge in [-0.2, -0.15) is 0 Å². The van der Waals surface area contributed by atoms with Gasteiger partial charge in [-0.25, -0.2) is 4.79 Å². The van der Waals surface area contributed by atoms with E-state index in [0.29, 0.717) is 36.2 Å². The molecule has 4 rings (SSSR count). The van der Waals surface area contributed by atoms with Crippen LogP contribution in [0.25, 0.3) is 0 Å².